The molecule has 1 aromatic carbocycles. The van der Waals surface area contributed by atoms with Crippen LogP contribution in [0.25, 0.3) is 0 Å². The molecule has 1 aliphatic rings. The van der Waals surface area contributed by atoms with Gasteiger partial charge in [0, 0.05) is 0 Å². The third-order valence-electron chi connectivity index (χ3n) is 2.63. The molecule has 0 unspecified atom stereocenters. The van der Waals surface area contributed by atoms with E-state index in [2.05, 4.69) is 26.0 Å². The van der Waals surface area contributed by atoms with E-state index < -0.39 is 0 Å². The van der Waals surface area contributed by atoms with Crippen molar-refractivity contribution in [2.45, 2.75) is 33.1 Å². The number of ether oxygens (including phenoxy) is 2. The highest BCUT2D eigenvalue weighted by Crippen LogP contribution is 2.34. The second kappa shape index (κ2) is 3.91. The third-order valence-corrected chi connectivity index (χ3v) is 2.63. The molecule has 14 heavy (non-hydrogen) atoms. The van der Waals surface area contributed by atoms with Crippen LogP contribution in [0.1, 0.15) is 30.9 Å². The van der Waals surface area contributed by atoms with Gasteiger partial charge in [-0.2, -0.15) is 0 Å². The molecule has 1 aromatic rings. The second-order valence-electron chi connectivity index (χ2n) is 3.74. The predicted molar refractivity (Wildman–Crippen MR) is 55.9 cm³/mol. The van der Waals surface area contributed by atoms with E-state index in [-0.39, 0.29) is 0 Å². The van der Waals surface area contributed by atoms with E-state index in [1.165, 1.54) is 24.0 Å². The molecular weight excluding hydrogens is 176 g/mol. The number of benzene rings is 1. The number of hydrogen-bond acceptors (Lipinski definition) is 2. The van der Waals surface area contributed by atoms with Gasteiger partial charge in [-0.15, -0.1) is 0 Å². The SMILES string of the molecule is CCCCc1cc2c(cc1C)OCO2. The van der Waals surface area contributed by atoms with Gasteiger partial charge in [0.2, 0.25) is 6.79 Å². The summed E-state index contributed by atoms with van der Waals surface area (Å²) in [6.45, 7) is 4.71. The second-order valence-corrected chi connectivity index (χ2v) is 3.74. The summed E-state index contributed by atoms with van der Waals surface area (Å²) in [5.41, 5.74) is 2.69. The summed E-state index contributed by atoms with van der Waals surface area (Å²) in [4.78, 5) is 0. The van der Waals surface area contributed by atoms with Crippen LogP contribution in [0.2, 0.25) is 0 Å². The molecular formula is C12H16O2. The first-order valence-corrected chi connectivity index (χ1v) is 5.20. The molecule has 2 rings (SSSR count). The molecule has 0 radical (unpaired) electrons. The first kappa shape index (κ1) is 9.38. The van der Waals surface area contributed by atoms with Crippen molar-refractivity contribution in [3.05, 3.63) is 23.3 Å². The van der Waals surface area contributed by atoms with Crippen LogP contribution in [0.3, 0.4) is 0 Å². The lowest BCUT2D eigenvalue weighted by molar-refractivity contribution is 0.174. The lowest BCUT2D eigenvalue weighted by Crippen LogP contribution is -1.92. The molecule has 0 fully saturated rings. The highest BCUT2D eigenvalue weighted by Gasteiger charge is 2.14. The Morgan fingerprint density at radius 3 is 2.64 bits per heavy atom. The zero-order valence-electron chi connectivity index (χ0n) is 8.80. The van der Waals surface area contributed by atoms with Gasteiger partial charge in [-0.3, -0.25) is 0 Å². The fraction of sp³-hybridized carbons (Fsp3) is 0.500. The Balaban J connectivity index is 2.23. The Labute approximate surface area is 84.8 Å². The van der Waals surface area contributed by atoms with Crippen LogP contribution in [-0.4, -0.2) is 6.79 Å². The number of hydrogen-bond donors (Lipinski definition) is 0. The quantitative estimate of drug-likeness (QED) is 0.732. The maximum Gasteiger partial charge on any atom is 0.231 e. The summed E-state index contributed by atoms with van der Waals surface area (Å²) >= 11 is 0. The molecule has 76 valence electrons. The minimum Gasteiger partial charge on any atom is -0.454 e. The monoisotopic (exact) mass is 192 g/mol. The average molecular weight is 192 g/mol. The van der Waals surface area contributed by atoms with Crippen LogP contribution >= 0.6 is 0 Å². The summed E-state index contributed by atoms with van der Waals surface area (Å²) in [5.74, 6) is 1.80. The Bertz CT molecular complexity index is 331. The van der Waals surface area contributed by atoms with Gasteiger partial charge in [0.25, 0.3) is 0 Å². The maximum absolute atomic E-state index is 5.35. The Morgan fingerprint density at radius 2 is 1.93 bits per heavy atom. The molecule has 2 nitrogen and oxygen atoms in total. The first-order valence-electron chi connectivity index (χ1n) is 5.20. The van der Waals surface area contributed by atoms with Crippen molar-refractivity contribution < 1.29 is 9.47 Å². The largest absolute Gasteiger partial charge is 0.454 e. The average Bonchev–Trinajstić information content (AvgIpc) is 2.61. The highest BCUT2D eigenvalue weighted by atomic mass is 16.7. The molecule has 0 spiro atoms. The molecule has 0 aromatic heterocycles. The van der Waals surface area contributed by atoms with Gasteiger partial charge >= 0.3 is 0 Å². The molecule has 0 aliphatic carbocycles. The molecule has 1 heterocycles. The van der Waals surface area contributed by atoms with E-state index in [1.54, 1.807) is 0 Å². The van der Waals surface area contributed by atoms with Crippen molar-refractivity contribution in [2.75, 3.05) is 6.79 Å². The van der Waals surface area contributed by atoms with Crippen LogP contribution in [0.15, 0.2) is 12.1 Å². The van der Waals surface area contributed by atoms with Crippen LogP contribution in [0.4, 0.5) is 0 Å². The topological polar surface area (TPSA) is 18.5 Å². The van der Waals surface area contributed by atoms with Crippen LogP contribution in [-0.2, 0) is 6.42 Å². The molecule has 0 bridgehead atoms. The zero-order valence-corrected chi connectivity index (χ0v) is 8.80. The molecule has 0 saturated heterocycles. The van der Waals surface area contributed by atoms with Crippen LogP contribution < -0.4 is 9.47 Å². The Morgan fingerprint density at radius 1 is 1.21 bits per heavy atom. The van der Waals surface area contributed by atoms with E-state index in [0.717, 1.165) is 17.9 Å². The third kappa shape index (κ3) is 1.69. The molecule has 1 aliphatic heterocycles. The molecule has 0 N–H and O–H groups in total. The highest BCUT2D eigenvalue weighted by molar-refractivity contribution is 5.48. The predicted octanol–water partition coefficient (Wildman–Crippen LogP) is 3.07. The fourth-order valence-corrected chi connectivity index (χ4v) is 1.72. The lowest BCUT2D eigenvalue weighted by atomic mass is 10.0. The van der Waals surface area contributed by atoms with Crippen LogP contribution in [0, 0.1) is 6.92 Å². The minimum atomic E-state index is 0.367. The van der Waals surface area contributed by atoms with Gasteiger partial charge in [0.1, 0.15) is 0 Å². The summed E-state index contributed by atoms with van der Waals surface area (Å²) in [5, 5.41) is 0. The van der Waals surface area contributed by atoms with E-state index in [1.807, 2.05) is 0 Å². The smallest absolute Gasteiger partial charge is 0.231 e. The summed E-state index contributed by atoms with van der Waals surface area (Å²) < 4.78 is 10.7. The van der Waals surface area contributed by atoms with E-state index in [4.69, 9.17) is 9.47 Å². The van der Waals surface area contributed by atoms with Gasteiger partial charge in [0.05, 0.1) is 0 Å². The van der Waals surface area contributed by atoms with Crippen molar-refractivity contribution in [1.82, 2.24) is 0 Å². The Kier molecular flexibility index (Phi) is 2.62. The van der Waals surface area contributed by atoms with E-state index >= 15 is 0 Å². The standard InChI is InChI=1S/C12H16O2/c1-3-4-5-10-7-12-11(6-9(10)2)13-8-14-12/h6-7H,3-5,8H2,1-2H3. The van der Waals surface area contributed by atoms with E-state index in [0.29, 0.717) is 6.79 Å². The van der Waals surface area contributed by atoms with Gasteiger partial charge < -0.3 is 9.47 Å². The van der Waals surface area contributed by atoms with Crippen molar-refractivity contribution in [2.24, 2.45) is 0 Å². The normalized spacial score (nSPS) is 13.3. The van der Waals surface area contributed by atoms with Gasteiger partial charge in [-0.05, 0) is 43.0 Å². The van der Waals surface area contributed by atoms with Gasteiger partial charge in [-0.1, -0.05) is 13.3 Å². The summed E-state index contributed by atoms with van der Waals surface area (Å²) in [6, 6.07) is 4.20. The summed E-state index contributed by atoms with van der Waals surface area (Å²) in [6.07, 6.45) is 3.60. The Hall–Kier alpha value is -1.18. The summed E-state index contributed by atoms with van der Waals surface area (Å²) in [7, 11) is 0. The zero-order chi connectivity index (χ0) is 9.97. The minimum absolute atomic E-state index is 0.367. The maximum atomic E-state index is 5.35. The van der Waals surface area contributed by atoms with Gasteiger partial charge in [0.15, 0.2) is 11.5 Å². The lowest BCUT2D eigenvalue weighted by Gasteiger charge is -2.06. The number of rotatable bonds is 3. The van der Waals surface area contributed by atoms with Crippen molar-refractivity contribution in [3.8, 4) is 11.5 Å². The molecule has 0 amide bonds. The molecule has 0 atom stereocenters. The van der Waals surface area contributed by atoms with Crippen molar-refractivity contribution in [1.29, 1.82) is 0 Å². The fourth-order valence-electron chi connectivity index (χ4n) is 1.72. The number of aryl methyl sites for hydroxylation is 2. The van der Waals surface area contributed by atoms with Gasteiger partial charge in [-0.25, -0.2) is 0 Å². The number of fused-ring (bicyclic) bond motifs is 1. The molecule has 0 saturated carbocycles. The first-order chi connectivity index (χ1) is 6.81. The van der Waals surface area contributed by atoms with E-state index in [9.17, 15) is 0 Å². The molecule has 2 heteroatoms. The van der Waals surface area contributed by atoms with Crippen molar-refractivity contribution in [3.63, 3.8) is 0 Å². The number of unbranched alkanes of at least 4 members (excludes halogenated alkanes) is 1. The van der Waals surface area contributed by atoms with Crippen molar-refractivity contribution >= 4 is 0 Å². The van der Waals surface area contributed by atoms with Crippen LogP contribution in [0.5, 0.6) is 11.5 Å².